The predicted octanol–water partition coefficient (Wildman–Crippen LogP) is 1.30. The second-order valence-corrected chi connectivity index (χ2v) is 6.18. The van der Waals surface area contributed by atoms with E-state index in [1.54, 1.807) is 16.7 Å². The van der Waals surface area contributed by atoms with Crippen LogP contribution in [0.4, 0.5) is 0 Å². The van der Waals surface area contributed by atoms with Crippen LogP contribution in [0.2, 0.25) is 0 Å². The van der Waals surface area contributed by atoms with Gasteiger partial charge in [0.15, 0.2) is 0 Å². The summed E-state index contributed by atoms with van der Waals surface area (Å²) in [6.45, 7) is 4.05. The highest BCUT2D eigenvalue weighted by Crippen LogP contribution is 2.33. The summed E-state index contributed by atoms with van der Waals surface area (Å²) in [6.07, 6.45) is 2.43. The SMILES string of the molecule is O=c1oc(=O)n(CC2CN3CCC2CC3)c2ccccc12. The van der Waals surface area contributed by atoms with Crippen LogP contribution in [-0.2, 0) is 6.54 Å². The van der Waals surface area contributed by atoms with Gasteiger partial charge in [0, 0.05) is 13.1 Å². The second kappa shape index (κ2) is 4.84. The van der Waals surface area contributed by atoms with Gasteiger partial charge in [-0.2, -0.15) is 0 Å². The second-order valence-electron chi connectivity index (χ2n) is 6.18. The third-order valence-corrected chi connectivity index (χ3v) is 5.02. The van der Waals surface area contributed by atoms with Gasteiger partial charge in [-0.3, -0.25) is 4.57 Å². The van der Waals surface area contributed by atoms with E-state index in [4.69, 9.17) is 4.42 Å². The maximum absolute atomic E-state index is 12.1. The largest absolute Gasteiger partial charge is 0.422 e. The summed E-state index contributed by atoms with van der Waals surface area (Å²) in [7, 11) is 0. The van der Waals surface area contributed by atoms with Gasteiger partial charge in [0.25, 0.3) is 0 Å². The number of hydrogen-bond acceptors (Lipinski definition) is 4. The Morgan fingerprint density at radius 1 is 1.14 bits per heavy atom. The van der Waals surface area contributed by atoms with Crippen molar-refractivity contribution in [3.63, 3.8) is 0 Å². The number of aromatic nitrogens is 1. The van der Waals surface area contributed by atoms with Crippen LogP contribution in [0.3, 0.4) is 0 Å². The van der Waals surface area contributed by atoms with Gasteiger partial charge in [-0.25, -0.2) is 9.59 Å². The molecule has 0 N–H and O–H groups in total. The number of benzene rings is 1. The third-order valence-electron chi connectivity index (χ3n) is 5.02. The molecule has 3 aliphatic rings. The van der Waals surface area contributed by atoms with Crippen molar-refractivity contribution in [3.05, 3.63) is 45.2 Å². The molecule has 5 nitrogen and oxygen atoms in total. The fourth-order valence-corrected chi connectivity index (χ4v) is 3.87. The molecule has 3 fully saturated rings. The van der Waals surface area contributed by atoms with E-state index in [9.17, 15) is 9.59 Å². The Morgan fingerprint density at radius 2 is 1.90 bits per heavy atom. The maximum atomic E-state index is 12.1. The molecule has 5 heteroatoms. The van der Waals surface area contributed by atoms with Gasteiger partial charge in [-0.05, 0) is 49.9 Å². The predicted molar refractivity (Wildman–Crippen MR) is 79.4 cm³/mol. The fraction of sp³-hybridized carbons (Fsp3) is 0.500. The summed E-state index contributed by atoms with van der Waals surface area (Å²) in [4.78, 5) is 26.4. The zero-order valence-corrected chi connectivity index (χ0v) is 11.8. The summed E-state index contributed by atoms with van der Waals surface area (Å²) in [5, 5.41) is 0.485. The van der Waals surface area contributed by atoms with Crippen molar-refractivity contribution in [1.82, 2.24) is 9.47 Å². The Balaban J connectivity index is 1.77. The molecule has 0 saturated carbocycles. The molecule has 0 spiro atoms. The lowest BCUT2D eigenvalue weighted by Crippen LogP contribution is -2.49. The molecule has 0 aliphatic carbocycles. The lowest BCUT2D eigenvalue weighted by molar-refractivity contribution is 0.0413. The van der Waals surface area contributed by atoms with Crippen molar-refractivity contribution < 1.29 is 4.42 Å². The zero-order chi connectivity index (χ0) is 14.4. The van der Waals surface area contributed by atoms with Crippen LogP contribution in [0, 0.1) is 11.8 Å². The van der Waals surface area contributed by atoms with Crippen LogP contribution < -0.4 is 11.4 Å². The Hall–Kier alpha value is -1.88. The fourth-order valence-electron chi connectivity index (χ4n) is 3.87. The molecular formula is C16H18N2O3. The van der Waals surface area contributed by atoms with Crippen molar-refractivity contribution in [2.24, 2.45) is 11.8 Å². The van der Waals surface area contributed by atoms with E-state index in [2.05, 4.69) is 4.90 Å². The molecule has 110 valence electrons. The first kappa shape index (κ1) is 12.8. The average molecular weight is 286 g/mol. The molecule has 21 heavy (non-hydrogen) atoms. The molecule has 4 heterocycles. The van der Waals surface area contributed by atoms with Crippen molar-refractivity contribution in [3.8, 4) is 0 Å². The summed E-state index contributed by atoms with van der Waals surface area (Å²) in [5.41, 5.74) is 0.149. The quantitative estimate of drug-likeness (QED) is 0.835. The van der Waals surface area contributed by atoms with Gasteiger partial charge in [0.2, 0.25) is 0 Å². The summed E-state index contributed by atoms with van der Waals surface area (Å²) >= 11 is 0. The highest BCUT2D eigenvalue weighted by Gasteiger charge is 2.34. The van der Waals surface area contributed by atoms with Crippen LogP contribution in [0.25, 0.3) is 10.9 Å². The average Bonchev–Trinajstić information content (AvgIpc) is 2.53. The highest BCUT2D eigenvalue weighted by molar-refractivity contribution is 5.77. The first-order valence-corrected chi connectivity index (χ1v) is 7.57. The van der Waals surface area contributed by atoms with Crippen molar-refractivity contribution in [1.29, 1.82) is 0 Å². The topological polar surface area (TPSA) is 55.5 Å². The maximum Gasteiger partial charge on any atom is 0.422 e. The van der Waals surface area contributed by atoms with Gasteiger partial charge < -0.3 is 9.32 Å². The monoisotopic (exact) mass is 286 g/mol. The van der Waals surface area contributed by atoms with Crippen LogP contribution in [-0.4, -0.2) is 29.1 Å². The first-order chi connectivity index (χ1) is 10.2. The van der Waals surface area contributed by atoms with E-state index in [0.717, 1.165) is 6.54 Å². The summed E-state index contributed by atoms with van der Waals surface area (Å²) in [6, 6.07) is 7.19. The van der Waals surface area contributed by atoms with Crippen LogP contribution in [0.15, 0.2) is 38.3 Å². The van der Waals surface area contributed by atoms with Crippen molar-refractivity contribution >= 4 is 10.9 Å². The number of fused-ring (bicyclic) bond motifs is 4. The lowest BCUT2D eigenvalue weighted by Gasteiger charge is -2.44. The molecule has 1 unspecified atom stereocenters. The molecular weight excluding hydrogens is 268 g/mol. The Kier molecular flexibility index (Phi) is 2.96. The molecule has 1 atom stereocenters. The first-order valence-electron chi connectivity index (χ1n) is 7.57. The number of piperidine rings is 3. The molecule has 1 aromatic carbocycles. The minimum atomic E-state index is -0.541. The van der Waals surface area contributed by atoms with E-state index in [-0.39, 0.29) is 0 Å². The lowest BCUT2D eigenvalue weighted by atomic mass is 9.79. The van der Waals surface area contributed by atoms with E-state index < -0.39 is 11.4 Å². The van der Waals surface area contributed by atoms with Crippen LogP contribution in [0.5, 0.6) is 0 Å². The van der Waals surface area contributed by atoms with E-state index in [1.165, 1.54) is 25.9 Å². The minimum absolute atomic E-state index is 0.473. The van der Waals surface area contributed by atoms with Crippen LogP contribution >= 0.6 is 0 Å². The van der Waals surface area contributed by atoms with Gasteiger partial charge in [-0.15, -0.1) is 0 Å². The Labute approximate surface area is 121 Å². The number of nitrogens with zero attached hydrogens (tertiary/aromatic N) is 2. The van der Waals surface area contributed by atoms with E-state index in [1.807, 2.05) is 12.1 Å². The zero-order valence-electron chi connectivity index (χ0n) is 11.8. The molecule has 1 aromatic heterocycles. The minimum Gasteiger partial charge on any atom is -0.372 e. The Bertz CT molecular complexity index is 784. The van der Waals surface area contributed by atoms with Crippen LogP contribution in [0.1, 0.15) is 12.8 Å². The van der Waals surface area contributed by atoms with E-state index in [0.29, 0.717) is 29.3 Å². The third kappa shape index (κ3) is 2.12. The molecule has 2 aromatic rings. The summed E-state index contributed by atoms with van der Waals surface area (Å²) < 4.78 is 6.52. The smallest absolute Gasteiger partial charge is 0.372 e. The molecule has 0 amide bonds. The van der Waals surface area contributed by atoms with Gasteiger partial charge in [0.05, 0.1) is 10.9 Å². The van der Waals surface area contributed by atoms with E-state index >= 15 is 0 Å². The van der Waals surface area contributed by atoms with Gasteiger partial charge >= 0.3 is 11.4 Å². The number of para-hydroxylation sites is 1. The summed E-state index contributed by atoms with van der Waals surface area (Å²) in [5.74, 6) is 0.629. The number of rotatable bonds is 2. The molecule has 2 bridgehead atoms. The van der Waals surface area contributed by atoms with Gasteiger partial charge in [-0.1, -0.05) is 12.1 Å². The molecule has 5 rings (SSSR count). The van der Waals surface area contributed by atoms with Crippen molar-refractivity contribution in [2.75, 3.05) is 19.6 Å². The van der Waals surface area contributed by atoms with Crippen molar-refractivity contribution in [2.45, 2.75) is 19.4 Å². The normalized spacial score (nSPS) is 28.1. The number of hydrogen-bond donors (Lipinski definition) is 0. The molecule has 3 saturated heterocycles. The highest BCUT2D eigenvalue weighted by atomic mass is 16.4. The standard InChI is InChI=1S/C16H18N2O3/c19-15-13-3-1-2-4-14(13)18(16(20)21-15)10-12-9-17-7-5-11(12)6-8-17/h1-4,11-12H,5-10H2. The van der Waals surface area contributed by atoms with Gasteiger partial charge in [0.1, 0.15) is 0 Å². The Morgan fingerprint density at radius 3 is 2.62 bits per heavy atom. The molecule has 3 aliphatic heterocycles. The molecule has 0 radical (unpaired) electrons.